The fourth-order valence-electron chi connectivity index (χ4n) is 3.74. The van der Waals surface area contributed by atoms with Gasteiger partial charge in [-0.25, -0.2) is 8.78 Å². The quantitative estimate of drug-likeness (QED) is 0.536. The Bertz CT molecular complexity index is 899. The van der Waals surface area contributed by atoms with Crippen LogP contribution < -0.4 is 0 Å². The molecule has 0 spiro atoms. The maximum absolute atomic E-state index is 14.7. The summed E-state index contributed by atoms with van der Waals surface area (Å²) < 4.78 is 67.6. The highest BCUT2D eigenvalue weighted by Gasteiger charge is 2.31. The first-order valence-corrected chi connectivity index (χ1v) is 9.30. The van der Waals surface area contributed by atoms with E-state index >= 15 is 0 Å². The minimum atomic E-state index is -4.63. The van der Waals surface area contributed by atoms with Gasteiger partial charge in [0.1, 0.15) is 5.75 Å². The van der Waals surface area contributed by atoms with E-state index < -0.39 is 29.1 Å². The Morgan fingerprint density at radius 2 is 1.64 bits per heavy atom. The number of allylic oxidation sites excluding steroid dienone is 2. The minimum Gasteiger partial charge on any atom is -0.507 e. The summed E-state index contributed by atoms with van der Waals surface area (Å²) in [4.78, 5) is 0. The van der Waals surface area contributed by atoms with Crippen molar-refractivity contribution in [2.24, 2.45) is 5.92 Å². The molecule has 1 atom stereocenters. The molecule has 2 aromatic carbocycles. The van der Waals surface area contributed by atoms with Gasteiger partial charge in [0.15, 0.2) is 11.6 Å². The van der Waals surface area contributed by atoms with E-state index in [2.05, 4.69) is 6.92 Å². The molecular weight excluding hydrogens is 375 g/mol. The lowest BCUT2D eigenvalue weighted by molar-refractivity contribution is -0.137. The molecule has 0 heterocycles. The van der Waals surface area contributed by atoms with Crippen LogP contribution in [0.2, 0.25) is 0 Å². The summed E-state index contributed by atoms with van der Waals surface area (Å²) in [5, 5.41) is 9.92. The SMILES string of the molecule is CCCC1CC=C(c2ccc(-c3ccc(C(F)(F)F)cc3O)c(F)c2F)CC1. The zero-order valence-corrected chi connectivity index (χ0v) is 15.4. The number of phenolic OH excluding ortho intramolecular Hbond substituents is 1. The van der Waals surface area contributed by atoms with E-state index in [0.717, 1.165) is 43.4 Å². The number of aromatic hydroxyl groups is 1. The summed E-state index contributed by atoms with van der Waals surface area (Å²) in [5.74, 6) is -2.41. The molecule has 0 amide bonds. The van der Waals surface area contributed by atoms with Gasteiger partial charge >= 0.3 is 6.18 Å². The number of phenols is 1. The predicted octanol–water partition coefficient (Wildman–Crippen LogP) is 7.34. The second-order valence-electron chi connectivity index (χ2n) is 7.18. The standard InChI is InChI=1S/C22H21F5O/c1-2-3-13-4-6-14(7-5-13)16-10-11-18(21(24)20(16)23)17-9-8-15(12-19(17)28)22(25,26)27/h6,8-13,28H,2-5,7H2,1H3. The number of halogens is 5. The monoisotopic (exact) mass is 396 g/mol. The van der Waals surface area contributed by atoms with Crippen LogP contribution in [0.4, 0.5) is 22.0 Å². The molecule has 0 saturated heterocycles. The highest BCUT2D eigenvalue weighted by Crippen LogP contribution is 2.40. The fraction of sp³-hybridized carbons (Fsp3) is 0.364. The molecule has 6 heteroatoms. The number of rotatable bonds is 4. The highest BCUT2D eigenvalue weighted by molar-refractivity contribution is 5.75. The maximum atomic E-state index is 14.7. The average Bonchev–Trinajstić information content (AvgIpc) is 2.65. The fourth-order valence-corrected chi connectivity index (χ4v) is 3.74. The average molecular weight is 396 g/mol. The third-order valence-electron chi connectivity index (χ3n) is 5.26. The molecule has 0 fully saturated rings. The van der Waals surface area contributed by atoms with Gasteiger partial charge in [0, 0.05) is 16.7 Å². The number of alkyl halides is 3. The van der Waals surface area contributed by atoms with Crippen LogP contribution in [0.15, 0.2) is 36.4 Å². The predicted molar refractivity (Wildman–Crippen MR) is 98.7 cm³/mol. The molecule has 2 aromatic rings. The summed E-state index contributed by atoms with van der Waals surface area (Å²) in [7, 11) is 0. The molecular formula is C22H21F5O. The van der Waals surface area contributed by atoms with Gasteiger partial charge in [0.25, 0.3) is 0 Å². The highest BCUT2D eigenvalue weighted by atomic mass is 19.4. The summed E-state index contributed by atoms with van der Waals surface area (Å²) in [6, 6.07) is 4.92. The van der Waals surface area contributed by atoms with Crippen molar-refractivity contribution < 1.29 is 27.1 Å². The van der Waals surface area contributed by atoms with E-state index in [1.54, 1.807) is 0 Å². The van der Waals surface area contributed by atoms with Crippen molar-refractivity contribution in [1.82, 2.24) is 0 Å². The van der Waals surface area contributed by atoms with Crippen molar-refractivity contribution in [3.05, 3.63) is 59.2 Å². The number of hydrogen-bond acceptors (Lipinski definition) is 1. The van der Waals surface area contributed by atoms with Crippen LogP contribution in [-0.2, 0) is 6.18 Å². The van der Waals surface area contributed by atoms with E-state index in [9.17, 15) is 27.1 Å². The lowest BCUT2D eigenvalue weighted by atomic mass is 9.84. The summed E-state index contributed by atoms with van der Waals surface area (Å²) in [5.41, 5.74) is -0.598. The molecule has 3 rings (SSSR count). The Balaban J connectivity index is 1.93. The van der Waals surface area contributed by atoms with Crippen LogP contribution in [0.25, 0.3) is 16.7 Å². The molecule has 1 aliphatic rings. The van der Waals surface area contributed by atoms with Crippen LogP contribution in [0.1, 0.15) is 50.2 Å². The van der Waals surface area contributed by atoms with E-state index in [0.29, 0.717) is 18.4 Å². The van der Waals surface area contributed by atoms with Crippen LogP contribution >= 0.6 is 0 Å². The minimum absolute atomic E-state index is 0.169. The van der Waals surface area contributed by atoms with Gasteiger partial charge in [-0.3, -0.25) is 0 Å². The Labute approximate surface area is 160 Å². The number of hydrogen-bond donors (Lipinski definition) is 1. The molecule has 28 heavy (non-hydrogen) atoms. The Hall–Kier alpha value is -2.37. The van der Waals surface area contributed by atoms with Crippen molar-refractivity contribution in [1.29, 1.82) is 0 Å². The van der Waals surface area contributed by atoms with Gasteiger partial charge in [-0.2, -0.15) is 13.2 Å². The van der Waals surface area contributed by atoms with Crippen molar-refractivity contribution in [2.45, 2.75) is 45.2 Å². The molecule has 0 radical (unpaired) electrons. The topological polar surface area (TPSA) is 20.2 Å². The van der Waals surface area contributed by atoms with Crippen molar-refractivity contribution in [3.63, 3.8) is 0 Å². The van der Waals surface area contributed by atoms with E-state index in [-0.39, 0.29) is 16.7 Å². The second kappa shape index (κ2) is 7.94. The van der Waals surface area contributed by atoms with Crippen LogP contribution in [0, 0.1) is 17.6 Å². The van der Waals surface area contributed by atoms with Gasteiger partial charge in [-0.05, 0) is 49.0 Å². The van der Waals surface area contributed by atoms with Crippen LogP contribution in [-0.4, -0.2) is 5.11 Å². The first-order valence-electron chi connectivity index (χ1n) is 9.30. The molecule has 1 N–H and O–H groups in total. The van der Waals surface area contributed by atoms with E-state index in [4.69, 9.17) is 0 Å². The molecule has 1 nitrogen and oxygen atoms in total. The van der Waals surface area contributed by atoms with Crippen LogP contribution in [0.5, 0.6) is 5.75 Å². The summed E-state index contributed by atoms with van der Waals surface area (Å²) >= 11 is 0. The zero-order valence-electron chi connectivity index (χ0n) is 15.4. The second-order valence-corrected chi connectivity index (χ2v) is 7.18. The molecule has 0 saturated carbocycles. The smallest absolute Gasteiger partial charge is 0.416 e. The van der Waals surface area contributed by atoms with Crippen molar-refractivity contribution in [3.8, 4) is 16.9 Å². The molecule has 0 aliphatic heterocycles. The third-order valence-corrected chi connectivity index (χ3v) is 5.26. The first kappa shape index (κ1) is 20.4. The van der Waals surface area contributed by atoms with Crippen molar-refractivity contribution >= 4 is 5.57 Å². The lowest BCUT2D eigenvalue weighted by Crippen LogP contribution is -2.07. The number of benzene rings is 2. The molecule has 0 bridgehead atoms. The third kappa shape index (κ3) is 4.05. The Kier molecular flexibility index (Phi) is 5.77. The lowest BCUT2D eigenvalue weighted by Gasteiger charge is -2.22. The van der Waals surface area contributed by atoms with E-state index in [1.165, 1.54) is 12.1 Å². The Morgan fingerprint density at radius 3 is 2.21 bits per heavy atom. The first-order chi connectivity index (χ1) is 13.2. The molecule has 0 aromatic heterocycles. The van der Waals surface area contributed by atoms with Gasteiger partial charge in [0.05, 0.1) is 5.56 Å². The summed E-state index contributed by atoms with van der Waals surface area (Å²) in [6.07, 6.45) is 1.90. The van der Waals surface area contributed by atoms with Gasteiger partial charge < -0.3 is 5.11 Å². The zero-order chi connectivity index (χ0) is 20.5. The van der Waals surface area contributed by atoms with Crippen molar-refractivity contribution in [2.75, 3.05) is 0 Å². The Morgan fingerprint density at radius 1 is 1.00 bits per heavy atom. The van der Waals surface area contributed by atoms with Gasteiger partial charge in [-0.1, -0.05) is 38.0 Å². The summed E-state index contributed by atoms with van der Waals surface area (Å²) in [6.45, 7) is 2.11. The molecule has 150 valence electrons. The molecule has 1 unspecified atom stereocenters. The normalized spacial score (nSPS) is 17.5. The largest absolute Gasteiger partial charge is 0.507 e. The maximum Gasteiger partial charge on any atom is 0.416 e. The van der Waals surface area contributed by atoms with Crippen LogP contribution in [0.3, 0.4) is 0 Å². The van der Waals surface area contributed by atoms with Gasteiger partial charge in [-0.15, -0.1) is 0 Å². The molecule has 1 aliphatic carbocycles. The van der Waals surface area contributed by atoms with Gasteiger partial charge in [0.2, 0.25) is 0 Å². The van der Waals surface area contributed by atoms with E-state index in [1.807, 2.05) is 6.08 Å².